The summed E-state index contributed by atoms with van der Waals surface area (Å²) in [4.78, 5) is 18.0. The molecule has 0 bridgehead atoms. The van der Waals surface area contributed by atoms with E-state index in [4.69, 9.17) is 14.8 Å². The molecule has 4 heterocycles. The highest BCUT2D eigenvalue weighted by molar-refractivity contribution is 5.78. The number of hydrogen-bond donors (Lipinski definition) is 0. The summed E-state index contributed by atoms with van der Waals surface area (Å²) >= 11 is 0. The molecule has 192 valence electrons. The van der Waals surface area contributed by atoms with Gasteiger partial charge in [-0.2, -0.15) is 5.10 Å². The van der Waals surface area contributed by atoms with E-state index in [-0.39, 0.29) is 5.82 Å². The average molecular weight is 502 g/mol. The molecule has 0 saturated carbocycles. The summed E-state index contributed by atoms with van der Waals surface area (Å²) in [5, 5.41) is 4.73. The molecule has 1 saturated heterocycles. The van der Waals surface area contributed by atoms with Crippen LogP contribution in [0.5, 0.6) is 0 Å². The van der Waals surface area contributed by atoms with E-state index in [9.17, 15) is 0 Å². The smallest absolute Gasteiger partial charge is 0.146 e. The molecule has 0 unspecified atom stereocenters. The lowest BCUT2D eigenvalue weighted by Crippen LogP contribution is -2.47. The minimum atomic E-state index is -0.206. The molecule has 5 rings (SSSR count). The van der Waals surface area contributed by atoms with Gasteiger partial charge < -0.3 is 9.64 Å². The second-order valence-corrected chi connectivity index (χ2v) is 9.13. The molecule has 9 heteroatoms. The van der Waals surface area contributed by atoms with Gasteiger partial charge >= 0.3 is 0 Å². The number of piperazine rings is 1. The fraction of sp³-hybridized carbons (Fsp3) is 0.357. The topological polar surface area (TPSA) is 72.2 Å². The predicted octanol–water partition coefficient (Wildman–Crippen LogP) is 3.92. The van der Waals surface area contributed by atoms with Crippen molar-refractivity contribution in [3.8, 4) is 22.5 Å². The third kappa shape index (κ3) is 5.84. The average Bonchev–Trinajstić information content (AvgIpc) is 3.38. The van der Waals surface area contributed by atoms with Crippen LogP contribution in [0.15, 0.2) is 61.2 Å². The Morgan fingerprint density at radius 3 is 2.65 bits per heavy atom. The van der Waals surface area contributed by atoms with Gasteiger partial charge in [-0.1, -0.05) is 6.07 Å². The molecule has 0 atom stereocenters. The third-order valence-corrected chi connectivity index (χ3v) is 6.70. The molecule has 8 nitrogen and oxygen atoms in total. The molecule has 0 N–H and O–H groups in total. The normalized spacial score (nSPS) is 14.3. The standard InChI is InChI=1S/C28H32FN7O/c1-3-36-20-23(28(33-36)22-5-4-9-30-19-22)25-8-10-31-27(32-25)18-21-6-7-26(24(29)17-21)35-13-11-34(12-14-35)15-16-37-2/h4-10,17,19-20H,3,11-16,18H2,1-2H3. The van der Waals surface area contributed by atoms with Gasteiger partial charge in [-0.05, 0) is 42.8 Å². The number of halogens is 1. The summed E-state index contributed by atoms with van der Waals surface area (Å²) in [7, 11) is 1.72. The quantitative estimate of drug-likeness (QED) is 0.344. The van der Waals surface area contributed by atoms with Crippen LogP contribution < -0.4 is 4.90 Å². The number of hydrogen-bond acceptors (Lipinski definition) is 7. The summed E-state index contributed by atoms with van der Waals surface area (Å²) in [5.41, 5.74) is 4.96. The Morgan fingerprint density at radius 1 is 1.05 bits per heavy atom. The molecule has 0 amide bonds. The lowest BCUT2D eigenvalue weighted by molar-refractivity contribution is 0.144. The molecule has 3 aromatic heterocycles. The fourth-order valence-electron chi connectivity index (χ4n) is 4.65. The summed E-state index contributed by atoms with van der Waals surface area (Å²) in [6.07, 6.45) is 7.74. The van der Waals surface area contributed by atoms with Crippen molar-refractivity contribution < 1.29 is 9.13 Å². The van der Waals surface area contributed by atoms with Crippen LogP contribution in [-0.2, 0) is 17.7 Å². The molecular weight excluding hydrogens is 469 g/mol. The SMILES string of the molecule is CCn1cc(-c2ccnc(Cc3ccc(N4CCN(CCOC)CC4)c(F)c3)n2)c(-c2cccnc2)n1. The summed E-state index contributed by atoms with van der Waals surface area (Å²) in [6.45, 7) is 7.84. The van der Waals surface area contributed by atoms with Crippen LogP contribution in [0, 0.1) is 5.82 Å². The van der Waals surface area contributed by atoms with E-state index in [2.05, 4.69) is 26.7 Å². The number of methoxy groups -OCH3 is 1. The molecule has 4 aromatic rings. The first-order valence-corrected chi connectivity index (χ1v) is 12.7. The number of benzene rings is 1. The number of pyridine rings is 1. The Labute approximate surface area is 216 Å². The zero-order valence-corrected chi connectivity index (χ0v) is 21.3. The zero-order chi connectivity index (χ0) is 25.6. The van der Waals surface area contributed by atoms with Crippen molar-refractivity contribution in [1.82, 2.24) is 29.6 Å². The van der Waals surface area contributed by atoms with Gasteiger partial charge in [0.15, 0.2) is 0 Å². The van der Waals surface area contributed by atoms with Crippen molar-refractivity contribution in [2.75, 3.05) is 51.3 Å². The van der Waals surface area contributed by atoms with Gasteiger partial charge in [-0.15, -0.1) is 0 Å². The van der Waals surface area contributed by atoms with E-state index in [1.54, 1.807) is 31.8 Å². The number of aryl methyl sites for hydroxylation is 1. The predicted molar refractivity (Wildman–Crippen MR) is 142 cm³/mol. The number of ether oxygens (including phenoxy) is 1. The Kier molecular flexibility index (Phi) is 7.82. The van der Waals surface area contributed by atoms with Crippen molar-refractivity contribution >= 4 is 5.69 Å². The minimum absolute atomic E-state index is 0.206. The lowest BCUT2D eigenvalue weighted by Gasteiger charge is -2.36. The van der Waals surface area contributed by atoms with Crippen molar-refractivity contribution in [3.05, 3.63) is 78.4 Å². The van der Waals surface area contributed by atoms with Crippen molar-refractivity contribution in [2.45, 2.75) is 19.9 Å². The fourth-order valence-corrected chi connectivity index (χ4v) is 4.65. The first kappa shape index (κ1) is 25.0. The highest BCUT2D eigenvalue weighted by Crippen LogP contribution is 2.30. The van der Waals surface area contributed by atoms with Crippen LogP contribution in [0.25, 0.3) is 22.5 Å². The van der Waals surface area contributed by atoms with E-state index in [0.29, 0.717) is 17.9 Å². The van der Waals surface area contributed by atoms with Crippen molar-refractivity contribution in [3.63, 3.8) is 0 Å². The number of aromatic nitrogens is 5. The van der Waals surface area contributed by atoms with Crippen LogP contribution in [-0.4, -0.2) is 76.1 Å². The Balaban J connectivity index is 1.32. The molecule has 0 spiro atoms. The van der Waals surface area contributed by atoms with Gasteiger partial charge in [0.2, 0.25) is 0 Å². The summed E-state index contributed by atoms with van der Waals surface area (Å²) < 4.78 is 22.2. The maximum atomic E-state index is 15.1. The lowest BCUT2D eigenvalue weighted by atomic mass is 10.1. The number of nitrogens with zero attached hydrogens (tertiary/aromatic N) is 7. The van der Waals surface area contributed by atoms with Crippen molar-refractivity contribution in [2.24, 2.45) is 0 Å². The molecule has 37 heavy (non-hydrogen) atoms. The van der Waals surface area contributed by atoms with Gasteiger partial charge in [-0.3, -0.25) is 14.6 Å². The molecule has 1 aromatic carbocycles. The highest BCUT2D eigenvalue weighted by Gasteiger charge is 2.20. The second kappa shape index (κ2) is 11.6. The monoisotopic (exact) mass is 501 g/mol. The zero-order valence-electron chi connectivity index (χ0n) is 21.3. The molecule has 1 aliphatic heterocycles. The summed E-state index contributed by atoms with van der Waals surface area (Å²) in [6, 6.07) is 11.2. The maximum Gasteiger partial charge on any atom is 0.146 e. The molecule has 0 aliphatic carbocycles. The van der Waals surface area contributed by atoms with Gasteiger partial charge in [-0.25, -0.2) is 14.4 Å². The Hall–Kier alpha value is -3.69. The van der Waals surface area contributed by atoms with Gasteiger partial charge in [0, 0.05) is 88.7 Å². The van der Waals surface area contributed by atoms with Crippen LogP contribution in [0.2, 0.25) is 0 Å². The number of anilines is 1. The Bertz CT molecular complexity index is 1320. The van der Waals surface area contributed by atoms with Crippen LogP contribution in [0.1, 0.15) is 18.3 Å². The third-order valence-electron chi connectivity index (χ3n) is 6.70. The van der Waals surface area contributed by atoms with Crippen molar-refractivity contribution in [1.29, 1.82) is 0 Å². The maximum absolute atomic E-state index is 15.1. The van der Waals surface area contributed by atoms with Gasteiger partial charge in [0.05, 0.1) is 18.0 Å². The minimum Gasteiger partial charge on any atom is -0.383 e. The molecule has 1 aliphatic rings. The van der Waals surface area contributed by atoms with Crippen LogP contribution >= 0.6 is 0 Å². The van der Waals surface area contributed by atoms with Crippen LogP contribution in [0.4, 0.5) is 10.1 Å². The first-order valence-electron chi connectivity index (χ1n) is 12.7. The van der Waals surface area contributed by atoms with Crippen LogP contribution in [0.3, 0.4) is 0 Å². The van der Waals surface area contributed by atoms with E-state index in [1.807, 2.05) is 41.2 Å². The second-order valence-electron chi connectivity index (χ2n) is 9.13. The number of rotatable bonds is 9. The van der Waals surface area contributed by atoms with Gasteiger partial charge in [0.1, 0.15) is 17.3 Å². The van der Waals surface area contributed by atoms with E-state index in [0.717, 1.165) is 74.0 Å². The van der Waals surface area contributed by atoms with Gasteiger partial charge in [0.25, 0.3) is 0 Å². The highest BCUT2D eigenvalue weighted by atomic mass is 19.1. The molecule has 0 radical (unpaired) electrons. The largest absolute Gasteiger partial charge is 0.383 e. The Morgan fingerprint density at radius 2 is 1.92 bits per heavy atom. The summed E-state index contributed by atoms with van der Waals surface area (Å²) in [5.74, 6) is 0.430. The first-order chi connectivity index (χ1) is 18.1. The van der Waals surface area contributed by atoms with E-state index >= 15 is 4.39 Å². The van der Waals surface area contributed by atoms with E-state index in [1.165, 1.54) is 0 Å². The molecular formula is C28H32FN7O. The van der Waals surface area contributed by atoms with E-state index < -0.39 is 0 Å². The molecule has 1 fully saturated rings.